The third-order valence-electron chi connectivity index (χ3n) is 2.42. The maximum absolute atomic E-state index is 8.49. The van der Waals surface area contributed by atoms with Crippen molar-refractivity contribution in [3.63, 3.8) is 0 Å². The molecular weight excluding hydrogens is 326 g/mol. The third-order valence-corrected chi connectivity index (χ3v) is 2.42. The van der Waals surface area contributed by atoms with Gasteiger partial charge in [0.05, 0.1) is 11.3 Å². The van der Waals surface area contributed by atoms with E-state index in [1.165, 1.54) is 0 Å². The van der Waals surface area contributed by atoms with Crippen LogP contribution in [0.4, 0.5) is 0 Å². The molecule has 0 saturated carbocycles. The van der Waals surface area contributed by atoms with Gasteiger partial charge in [0.15, 0.2) is 6.21 Å². The Hall–Kier alpha value is -2.04. The van der Waals surface area contributed by atoms with Crippen molar-refractivity contribution in [3.8, 4) is 0 Å². The van der Waals surface area contributed by atoms with Crippen LogP contribution >= 0.6 is 0 Å². The van der Waals surface area contributed by atoms with Gasteiger partial charge in [-0.1, -0.05) is 0 Å². The molecule has 0 unspecified atom stereocenters. The Morgan fingerprint density at radius 3 is 2.35 bits per heavy atom. The number of nitrogens with zero attached hydrogens (tertiary/aromatic N) is 4. The number of hydrogen-bond donors (Lipinski definition) is 1. The summed E-state index contributed by atoms with van der Waals surface area (Å²) in [5, 5.41) is 1.03. The van der Waals surface area contributed by atoms with E-state index in [1.54, 1.807) is 6.33 Å². The van der Waals surface area contributed by atoms with E-state index in [4.69, 9.17) is 18.6 Å². The van der Waals surface area contributed by atoms with Crippen LogP contribution in [0.2, 0.25) is 0 Å². The fraction of sp³-hybridized carbons (Fsp3) is 0.308. The molecule has 126 valence electrons. The molecule has 2 aromatic rings. The summed E-state index contributed by atoms with van der Waals surface area (Å²) in [6.45, 7) is 0. The molecule has 0 aliphatic rings. The molecule has 0 bridgehead atoms. The van der Waals surface area contributed by atoms with Crippen LogP contribution < -0.4 is 18.6 Å². The number of aromatic nitrogens is 3. The van der Waals surface area contributed by atoms with Crippen LogP contribution in [0.15, 0.2) is 24.8 Å². The van der Waals surface area contributed by atoms with Gasteiger partial charge < -0.3 is 9.88 Å². The molecule has 0 aliphatic carbocycles. The highest BCUT2D eigenvalue weighted by Crippen LogP contribution is 2.19. The van der Waals surface area contributed by atoms with E-state index in [2.05, 4.69) is 27.4 Å². The molecule has 23 heavy (non-hydrogen) atoms. The monoisotopic (exact) mass is 343 g/mol. The molecular formula is C13H18ClN5O4. The van der Waals surface area contributed by atoms with Gasteiger partial charge in [-0.25, -0.2) is 33.2 Å². The first-order chi connectivity index (χ1) is 10.6. The zero-order chi connectivity index (χ0) is 17.6. The Morgan fingerprint density at radius 2 is 1.83 bits per heavy atom. The Bertz CT molecular complexity index is 696. The van der Waals surface area contributed by atoms with Crippen molar-refractivity contribution in [2.45, 2.75) is 0 Å². The zero-order valence-electron chi connectivity index (χ0n) is 13.2. The fourth-order valence-corrected chi connectivity index (χ4v) is 1.81. The van der Waals surface area contributed by atoms with E-state index in [0.29, 0.717) is 0 Å². The maximum Gasteiger partial charge on any atom is 0.173 e. The summed E-state index contributed by atoms with van der Waals surface area (Å²) in [6.07, 6.45) is 7.57. The molecule has 0 fully saturated rings. The lowest BCUT2D eigenvalue weighted by molar-refractivity contribution is -2.00. The predicted molar refractivity (Wildman–Crippen MR) is 73.7 cm³/mol. The average molecular weight is 344 g/mol. The van der Waals surface area contributed by atoms with Crippen molar-refractivity contribution in [1.82, 2.24) is 19.9 Å². The van der Waals surface area contributed by atoms with E-state index in [1.807, 2.05) is 49.9 Å². The van der Waals surface area contributed by atoms with Crippen LogP contribution in [0.1, 0.15) is 5.69 Å². The van der Waals surface area contributed by atoms with Crippen molar-refractivity contribution in [3.05, 3.63) is 30.5 Å². The number of nitrogens with one attached hydrogen (secondary N) is 1. The lowest BCUT2D eigenvalue weighted by Gasteiger charge is -2.17. The molecule has 9 nitrogen and oxygen atoms in total. The van der Waals surface area contributed by atoms with E-state index >= 15 is 0 Å². The molecule has 2 aromatic heterocycles. The summed E-state index contributed by atoms with van der Waals surface area (Å²) >= 11 is 0. The first-order valence-corrected chi connectivity index (χ1v) is 7.61. The molecule has 0 radical (unpaired) electrons. The second-order valence-corrected chi connectivity index (χ2v) is 5.74. The molecule has 10 heteroatoms. The molecule has 0 aliphatic heterocycles. The molecule has 2 rings (SSSR count). The number of rotatable bonds is 3. The van der Waals surface area contributed by atoms with Crippen LogP contribution in [0.3, 0.4) is 0 Å². The highest BCUT2D eigenvalue weighted by molar-refractivity contribution is 6.11. The van der Waals surface area contributed by atoms with Gasteiger partial charge in [0.25, 0.3) is 0 Å². The van der Waals surface area contributed by atoms with Crippen LogP contribution in [-0.4, -0.2) is 58.8 Å². The summed E-state index contributed by atoms with van der Waals surface area (Å²) in [5.41, 5.74) is 2.84. The Balaban J connectivity index is 0.000000463. The summed E-state index contributed by atoms with van der Waals surface area (Å²) in [7, 11) is 3.05. The van der Waals surface area contributed by atoms with Crippen LogP contribution in [0.25, 0.3) is 16.6 Å². The highest BCUT2D eigenvalue weighted by atomic mass is 35.7. The SMILES string of the molecule is CN(C)/C=C(\C=[N+](C)C)c1ncnc2[nH]ccc12.[O-][Cl+3]([O-])([O-])[O-]. The van der Waals surface area contributed by atoms with Gasteiger partial charge in [-0.05, 0) is 6.07 Å². The first-order valence-electron chi connectivity index (χ1n) is 6.37. The molecule has 0 aromatic carbocycles. The van der Waals surface area contributed by atoms with Crippen LogP contribution in [0, 0.1) is 10.2 Å². The number of allylic oxidation sites excluding steroid dienone is 1. The average Bonchev–Trinajstić information content (AvgIpc) is 2.82. The third kappa shape index (κ3) is 7.17. The number of halogens is 1. The summed E-state index contributed by atoms with van der Waals surface area (Å²) in [6, 6.07) is 2.00. The van der Waals surface area contributed by atoms with Gasteiger partial charge in [0, 0.05) is 31.9 Å². The maximum atomic E-state index is 8.49. The van der Waals surface area contributed by atoms with Gasteiger partial charge in [-0.3, -0.25) is 0 Å². The number of hydrogen-bond acceptors (Lipinski definition) is 7. The van der Waals surface area contributed by atoms with Crippen LogP contribution in [-0.2, 0) is 0 Å². The number of fused-ring (bicyclic) bond motifs is 1. The lowest BCUT2D eigenvalue weighted by atomic mass is 10.1. The van der Waals surface area contributed by atoms with Crippen molar-refractivity contribution in [2.75, 3.05) is 28.2 Å². The normalized spacial score (nSPS) is 11.7. The van der Waals surface area contributed by atoms with Gasteiger partial charge in [0.1, 0.15) is 26.1 Å². The summed E-state index contributed by atoms with van der Waals surface area (Å²) in [4.78, 5) is 13.7. The summed E-state index contributed by atoms with van der Waals surface area (Å²) in [5.74, 6) is 0. The van der Waals surface area contributed by atoms with E-state index in [-0.39, 0.29) is 0 Å². The van der Waals surface area contributed by atoms with Gasteiger partial charge in [0.2, 0.25) is 0 Å². The van der Waals surface area contributed by atoms with Gasteiger partial charge >= 0.3 is 0 Å². The number of aromatic amines is 1. The molecule has 0 atom stereocenters. The minimum Gasteiger partial charge on any atom is -0.383 e. The van der Waals surface area contributed by atoms with Crippen LogP contribution in [0.5, 0.6) is 0 Å². The highest BCUT2D eigenvalue weighted by Gasteiger charge is 2.11. The molecule has 1 N–H and O–H groups in total. The minimum atomic E-state index is -4.94. The topological polar surface area (TPSA) is 140 Å². The Kier molecular flexibility index (Phi) is 6.61. The standard InChI is InChI=1S/C13H18N5.ClHO4/c1-17(2)7-10(8-18(3)4)12-11-5-6-14-13(11)16-9-15-12;2-1(3,4)5/h5-9H,1-4H3,(H,14,15,16);(H,2,3,4,5)/q+1;/p-1. The van der Waals surface area contributed by atoms with Crippen molar-refractivity contribution in [2.24, 2.45) is 0 Å². The van der Waals surface area contributed by atoms with Crippen molar-refractivity contribution < 1.29 is 33.5 Å². The quantitative estimate of drug-likeness (QED) is 0.449. The zero-order valence-corrected chi connectivity index (χ0v) is 13.9. The second-order valence-electron chi connectivity index (χ2n) is 4.98. The largest absolute Gasteiger partial charge is 0.383 e. The lowest BCUT2D eigenvalue weighted by Crippen LogP contribution is -2.68. The molecule has 0 spiro atoms. The van der Waals surface area contributed by atoms with Crippen molar-refractivity contribution in [1.29, 1.82) is 0 Å². The van der Waals surface area contributed by atoms with Gasteiger partial charge in [-0.2, -0.15) is 0 Å². The second kappa shape index (κ2) is 7.99. The van der Waals surface area contributed by atoms with E-state index in [9.17, 15) is 0 Å². The predicted octanol–water partition coefficient (Wildman–Crippen LogP) is -3.55. The Morgan fingerprint density at radius 1 is 1.22 bits per heavy atom. The van der Waals surface area contributed by atoms with Gasteiger partial charge in [-0.15, -0.1) is 10.2 Å². The smallest absolute Gasteiger partial charge is 0.173 e. The van der Waals surface area contributed by atoms with Crippen molar-refractivity contribution >= 4 is 22.8 Å². The fourth-order valence-electron chi connectivity index (χ4n) is 1.81. The first kappa shape index (κ1) is 19.0. The minimum absolute atomic E-state index is 0.858. The van der Waals surface area contributed by atoms with E-state index in [0.717, 1.165) is 22.3 Å². The molecule has 2 heterocycles. The molecule has 0 saturated heterocycles. The molecule has 0 amide bonds. The Labute approximate surface area is 135 Å². The summed E-state index contributed by atoms with van der Waals surface area (Å²) < 4.78 is 36.0. The number of H-pyrrole nitrogens is 1. The van der Waals surface area contributed by atoms with E-state index < -0.39 is 10.2 Å².